The van der Waals surface area contributed by atoms with Crippen LogP contribution in [0.25, 0.3) is 0 Å². The van der Waals surface area contributed by atoms with Gasteiger partial charge in [-0.1, -0.05) is 11.6 Å². The Morgan fingerprint density at radius 3 is 2.53 bits per heavy atom. The summed E-state index contributed by atoms with van der Waals surface area (Å²) in [4.78, 5) is 25.8. The molecule has 0 aromatic rings. The molecule has 8 nitrogen and oxygen atoms in total. The van der Waals surface area contributed by atoms with E-state index in [0.717, 1.165) is 5.57 Å². The number of carbonyl (C=O) groups is 2. The van der Waals surface area contributed by atoms with Crippen molar-refractivity contribution in [1.29, 1.82) is 0 Å². The average Bonchev–Trinajstić information content (AvgIpc) is 3.48. The number of aliphatic hydroxyl groups excluding tert-OH is 1. The molecule has 2 heterocycles. The lowest BCUT2D eigenvalue weighted by atomic mass is 9.42. The van der Waals surface area contributed by atoms with Gasteiger partial charge in [0.2, 0.25) is 0 Å². The zero-order valence-electron chi connectivity index (χ0n) is 21.5. The Bertz CT molecular complexity index is 1110. The van der Waals surface area contributed by atoms with E-state index in [1.807, 2.05) is 13.0 Å². The molecular formula is C28H38O8. The Balaban J connectivity index is 1.41. The first-order chi connectivity index (χ1) is 16.8. The Morgan fingerprint density at radius 2 is 1.86 bits per heavy atom. The summed E-state index contributed by atoms with van der Waals surface area (Å²) in [6.45, 7) is 6.37. The quantitative estimate of drug-likeness (QED) is 0.338. The van der Waals surface area contributed by atoms with Gasteiger partial charge in [-0.15, -0.1) is 0 Å². The zero-order chi connectivity index (χ0) is 26.1. The molecule has 0 aromatic carbocycles. The average molecular weight is 503 g/mol. The monoisotopic (exact) mass is 502 g/mol. The summed E-state index contributed by atoms with van der Waals surface area (Å²) in [6.07, 6.45) is 4.74. The Labute approximate surface area is 211 Å². The third-order valence-corrected chi connectivity index (χ3v) is 12.0. The standard InChI is InChI=1S/C28H38O8/c1-15-12-20(35-22(31)16(15)2)24(4,32)28(34)11-10-26(33)18-13-21-27(36-21)8-5-6-19(30)23(27,3)17(18)7-9-25(26,28)14-29/h5-6,17-18,20-21,29,32-34H,7-14H2,1-4H3/t17-,18+,20+,21+,23-,24-,25+,26+,27+,28+/m0/s1. The SMILES string of the molecule is CC1=C(C)C(=O)O[C@@H]([C@](C)(O)[C@]2(O)CC[C@@]3(O)[C@@H]4C[C@H]5O[C@]56CC=CC(=O)[C@]6(C)[C@H]4CC[C@]23CO)C1. The van der Waals surface area contributed by atoms with Crippen LogP contribution in [0.3, 0.4) is 0 Å². The van der Waals surface area contributed by atoms with Crippen molar-refractivity contribution < 1.29 is 39.5 Å². The molecule has 10 atom stereocenters. The molecule has 4 N–H and O–H groups in total. The normalized spacial score (nSPS) is 53.1. The van der Waals surface area contributed by atoms with Crippen molar-refractivity contribution in [2.75, 3.05) is 6.61 Å². The third-order valence-electron chi connectivity index (χ3n) is 12.0. The molecule has 198 valence electrons. The molecule has 4 aliphatic carbocycles. The van der Waals surface area contributed by atoms with Gasteiger partial charge in [0.25, 0.3) is 0 Å². The summed E-state index contributed by atoms with van der Waals surface area (Å²) >= 11 is 0. The van der Waals surface area contributed by atoms with E-state index in [0.29, 0.717) is 24.8 Å². The van der Waals surface area contributed by atoms with Crippen LogP contribution in [0.1, 0.15) is 72.6 Å². The summed E-state index contributed by atoms with van der Waals surface area (Å²) in [5, 5.41) is 47.7. The number of ether oxygens (including phenoxy) is 2. The summed E-state index contributed by atoms with van der Waals surface area (Å²) in [7, 11) is 0. The molecule has 0 amide bonds. The second-order valence-electron chi connectivity index (χ2n) is 12.8. The minimum atomic E-state index is -1.92. The van der Waals surface area contributed by atoms with Crippen molar-refractivity contribution in [2.45, 2.75) is 107 Å². The van der Waals surface area contributed by atoms with Gasteiger partial charge in [0.05, 0.1) is 29.1 Å². The van der Waals surface area contributed by atoms with E-state index in [-0.39, 0.29) is 49.4 Å². The number of rotatable bonds is 3. The van der Waals surface area contributed by atoms with E-state index in [1.54, 1.807) is 19.9 Å². The van der Waals surface area contributed by atoms with Gasteiger partial charge in [0, 0.05) is 12.0 Å². The number of epoxide rings is 1. The van der Waals surface area contributed by atoms with Crippen molar-refractivity contribution in [3.63, 3.8) is 0 Å². The highest BCUT2D eigenvalue weighted by atomic mass is 16.6. The molecule has 8 heteroatoms. The molecule has 0 unspecified atom stereocenters. The molecule has 6 rings (SSSR count). The lowest BCUT2D eigenvalue weighted by Crippen LogP contribution is -2.75. The first-order valence-corrected chi connectivity index (χ1v) is 13.3. The molecular weight excluding hydrogens is 464 g/mol. The second kappa shape index (κ2) is 7.08. The van der Waals surface area contributed by atoms with E-state index in [1.165, 1.54) is 6.92 Å². The van der Waals surface area contributed by atoms with E-state index in [4.69, 9.17) is 9.47 Å². The smallest absolute Gasteiger partial charge is 0.334 e. The Morgan fingerprint density at radius 1 is 1.14 bits per heavy atom. The number of cyclic esters (lactones) is 1. The molecule has 0 aromatic heterocycles. The maximum atomic E-state index is 13.3. The van der Waals surface area contributed by atoms with Gasteiger partial charge in [-0.05, 0) is 84.1 Å². The zero-order valence-corrected chi connectivity index (χ0v) is 21.5. The van der Waals surface area contributed by atoms with Crippen LogP contribution in [-0.2, 0) is 19.1 Å². The van der Waals surface area contributed by atoms with E-state index >= 15 is 0 Å². The number of esters is 1. The Hall–Kier alpha value is -1.58. The number of aliphatic hydroxyl groups is 4. The highest BCUT2D eigenvalue weighted by Gasteiger charge is 2.83. The van der Waals surface area contributed by atoms with Crippen LogP contribution >= 0.6 is 0 Å². The number of ketones is 1. The van der Waals surface area contributed by atoms with Crippen LogP contribution in [-0.4, -0.2) is 73.4 Å². The van der Waals surface area contributed by atoms with Crippen LogP contribution < -0.4 is 0 Å². The molecule has 4 fully saturated rings. The molecule has 2 aliphatic heterocycles. The maximum absolute atomic E-state index is 13.3. The van der Waals surface area contributed by atoms with Gasteiger partial charge >= 0.3 is 5.97 Å². The van der Waals surface area contributed by atoms with Crippen LogP contribution in [0.4, 0.5) is 0 Å². The van der Waals surface area contributed by atoms with Crippen LogP contribution in [0.15, 0.2) is 23.3 Å². The maximum Gasteiger partial charge on any atom is 0.334 e. The molecule has 1 saturated heterocycles. The molecule has 1 spiro atoms. The number of hydrogen-bond donors (Lipinski definition) is 4. The van der Waals surface area contributed by atoms with Gasteiger partial charge in [-0.3, -0.25) is 4.79 Å². The van der Waals surface area contributed by atoms with E-state index in [2.05, 4.69) is 0 Å². The number of carbonyl (C=O) groups excluding carboxylic acids is 2. The van der Waals surface area contributed by atoms with E-state index in [9.17, 15) is 30.0 Å². The van der Waals surface area contributed by atoms with Gasteiger partial charge in [-0.25, -0.2) is 4.79 Å². The predicted octanol–water partition coefficient (Wildman–Crippen LogP) is 1.73. The number of fused-ring (bicyclic) bond motifs is 4. The largest absolute Gasteiger partial charge is 0.455 e. The fraction of sp³-hybridized carbons (Fsp3) is 0.786. The van der Waals surface area contributed by atoms with Crippen LogP contribution in [0.5, 0.6) is 0 Å². The van der Waals surface area contributed by atoms with Crippen molar-refractivity contribution in [3.05, 3.63) is 23.3 Å². The topological polar surface area (TPSA) is 137 Å². The highest BCUT2D eigenvalue weighted by Crippen LogP contribution is 2.75. The Kier molecular flexibility index (Phi) is 4.87. The van der Waals surface area contributed by atoms with Gasteiger partial charge in [-0.2, -0.15) is 0 Å². The van der Waals surface area contributed by atoms with Crippen LogP contribution in [0.2, 0.25) is 0 Å². The van der Waals surface area contributed by atoms with Crippen molar-refractivity contribution >= 4 is 11.8 Å². The number of hydrogen-bond acceptors (Lipinski definition) is 8. The van der Waals surface area contributed by atoms with Crippen molar-refractivity contribution in [3.8, 4) is 0 Å². The minimum Gasteiger partial charge on any atom is -0.455 e. The predicted molar refractivity (Wildman–Crippen MR) is 127 cm³/mol. The first kappa shape index (κ1) is 24.7. The first-order valence-electron chi connectivity index (χ1n) is 13.3. The fourth-order valence-electron chi connectivity index (χ4n) is 9.44. The van der Waals surface area contributed by atoms with Gasteiger partial charge in [0.15, 0.2) is 5.78 Å². The highest BCUT2D eigenvalue weighted by molar-refractivity contribution is 5.97. The van der Waals surface area contributed by atoms with Crippen molar-refractivity contribution in [1.82, 2.24) is 0 Å². The molecule has 0 bridgehead atoms. The lowest BCUT2D eigenvalue weighted by Gasteiger charge is -2.64. The lowest BCUT2D eigenvalue weighted by molar-refractivity contribution is -0.296. The summed E-state index contributed by atoms with van der Waals surface area (Å²) in [5.74, 6) is -1.08. The molecule has 0 radical (unpaired) electrons. The van der Waals surface area contributed by atoms with Crippen LogP contribution in [0, 0.1) is 22.7 Å². The summed E-state index contributed by atoms with van der Waals surface area (Å²) in [5.41, 5.74) is -6.85. The van der Waals surface area contributed by atoms with Gasteiger partial charge < -0.3 is 29.9 Å². The van der Waals surface area contributed by atoms with Crippen molar-refractivity contribution in [2.24, 2.45) is 22.7 Å². The molecule has 3 saturated carbocycles. The van der Waals surface area contributed by atoms with Gasteiger partial charge in [0.1, 0.15) is 22.9 Å². The summed E-state index contributed by atoms with van der Waals surface area (Å²) < 4.78 is 11.8. The fourth-order valence-corrected chi connectivity index (χ4v) is 9.44. The van der Waals surface area contributed by atoms with E-state index < -0.39 is 51.9 Å². The molecule has 6 aliphatic rings. The summed E-state index contributed by atoms with van der Waals surface area (Å²) in [6, 6.07) is 0. The number of allylic oxidation sites excluding steroid dienone is 1. The second-order valence-corrected chi connectivity index (χ2v) is 12.8. The third kappa shape index (κ3) is 2.44. The minimum absolute atomic E-state index is 0.0121. The molecule has 36 heavy (non-hydrogen) atoms.